The van der Waals surface area contributed by atoms with Crippen LogP contribution < -0.4 is 13.9 Å². The molecule has 45 heavy (non-hydrogen) atoms. The Morgan fingerprint density at radius 2 is 1.78 bits per heavy atom. The van der Waals surface area contributed by atoms with Crippen LogP contribution in [0.2, 0.25) is 0 Å². The van der Waals surface area contributed by atoms with Gasteiger partial charge in [-0.15, -0.1) is 0 Å². The van der Waals surface area contributed by atoms with E-state index in [0.29, 0.717) is 6.07 Å². The number of hydrogen-bond acceptors (Lipinski definition) is 7. The van der Waals surface area contributed by atoms with Crippen molar-refractivity contribution >= 4 is 33.4 Å². The number of halogens is 6. The van der Waals surface area contributed by atoms with E-state index in [-0.39, 0.29) is 55.2 Å². The third-order valence-corrected chi connectivity index (χ3v) is 9.11. The maximum absolute atomic E-state index is 14.3. The Labute approximate surface area is 252 Å². The highest BCUT2D eigenvalue weighted by Gasteiger charge is 2.42. The molecule has 240 valence electrons. The fraction of sp³-hybridized carbons (Fsp3) is 0.321. The highest BCUT2D eigenvalue weighted by atomic mass is 32.2. The van der Waals surface area contributed by atoms with Crippen molar-refractivity contribution in [1.29, 1.82) is 0 Å². The highest BCUT2D eigenvalue weighted by Crippen LogP contribution is 2.42. The summed E-state index contributed by atoms with van der Waals surface area (Å²) in [6, 6.07) is 6.54. The fourth-order valence-electron chi connectivity index (χ4n) is 5.28. The number of benzene rings is 2. The maximum atomic E-state index is 14.3. The second-order valence-corrected chi connectivity index (χ2v) is 12.1. The van der Waals surface area contributed by atoms with Gasteiger partial charge in [0.25, 0.3) is 10.0 Å². The van der Waals surface area contributed by atoms with E-state index in [1.165, 1.54) is 17.2 Å². The van der Waals surface area contributed by atoms with E-state index in [9.17, 15) is 44.3 Å². The zero-order chi connectivity index (χ0) is 32.7. The topological polar surface area (TPSA) is 120 Å². The molecule has 2 aliphatic heterocycles. The van der Waals surface area contributed by atoms with Crippen molar-refractivity contribution in [1.82, 2.24) is 9.88 Å². The largest absolute Gasteiger partial charge is 0.481 e. The van der Waals surface area contributed by atoms with Crippen molar-refractivity contribution in [3.05, 3.63) is 66.1 Å². The van der Waals surface area contributed by atoms with Crippen LogP contribution in [0.5, 0.6) is 5.75 Å². The lowest BCUT2D eigenvalue weighted by molar-refractivity contribution is -0.141. The molecule has 0 aliphatic carbocycles. The van der Waals surface area contributed by atoms with Crippen LogP contribution in [0.1, 0.15) is 18.4 Å². The van der Waals surface area contributed by atoms with Crippen LogP contribution in [0.25, 0.3) is 11.1 Å². The number of aliphatic carboxylic acids is 1. The van der Waals surface area contributed by atoms with Crippen molar-refractivity contribution < 1.29 is 54.2 Å². The molecule has 0 radical (unpaired) electrons. The zero-order valence-corrected chi connectivity index (χ0v) is 23.9. The van der Waals surface area contributed by atoms with Gasteiger partial charge < -0.3 is 19.6 Å². The number of anilines is 2. The molecule has 5 rings (SSSR count). The van der Waals surface area contributed by atoms with Gasteiger partial charge in [0.2, 0.25) is 5.91 Å². The van der Waals surface area contributed by atoms with Gasteiger partial charge in [0.1, 0.15) is 11.6 Å². The van der Waals surface area contributed by atoms with E-state index >= 15 is 0 Å². The standard InChI is InChI=1S/C28H24F6N4O6S/c29-19-8-16(9-21(12-19)44-27(30)31)17-10-23-26(35-13-17)37-7-6-36(24(39)4-5-25(40)41)14-20(37)15-38(23)45(42,43)22-3-1-2-18(11-22)28(32,33)34/h1-3,8-13,20,27H,4-7,14-15H2,(H,40,41)/t20-/m0/s1. The number of pyridine rings is 1. The average molecular weight is 659 g/mol. The second kappa shape index (κ2) is 12.1. The van der Waals surface area contributed by atoms with E-state index < -0.39 is 69.2 Å². The molecule has 0 bridgehead atoms. The maximum Gasteiger partial charge on any atom is 0.416 e. The molecule has 3 aromatic rings. The molecule has 1 saturated heterocycles. The molecule has 0 unspecified atom stereocenters. The first kappa shape index (κ1) is 31.9. The van der Waals surface area contributed by atoms with Crippen LogP contribution in [-0.2, 0) is 25.8 Å². The summed E-state index contributed by atoms with van der Waals surface area (Å²) in [5.41, 5.74) is -1.17. The Kier molecular flexibility index (Phi) is 8.57. The van der Waals surface area contributed by atoms with Gasteiger partial charge >= 0.3 is 18.8 Å². The predicted octanol–water partition coefficient (Wildman–Crippen LogP) is 4.60. The molecule has 1 atom stereocenters. The van der Waals surface area contributed by atoms with Gasteiger partial charge in [-0.05, 0) is 42.0 Å². The van der Waals surface area contributed by atoms with Crippen LogP contribution >= 0.6 is 0 Å². The van der Waals surface area contributed by atoms with E-state index in [1.54, 1.807) is 4.90 Å². The quantitative estimate of drug-likeness (QED) is 0.349. The first-order chi connectivity index (χ1) is 21.1. The summed E-state index contributed by atoms with van der Waals surface area (Å²) in [4.78, 5) is 30.4. The summed E-state index contributed by atoms with van der Waals surface area (Å²) >= 11 is 0. The first-order valence-electron chi connectivity index (χ1n) is 13.4. The molecular weight excluding hydrogens is 634 g/mol. The molecule has 1 amide bonds. The molecule has 2 aliphatic rings. The predicted molar refractivity (Wildman–Crippen MR) is 147 cm³/mol. The van der Waals surface area contributed by atoms with Gasteiger partial charge in [0.05, 0.1) is 35.2 Å². The summed E-state index contributed by atoms with van der Waals surface area (Å²) in [5.74, 6) is -2.97. The molecule has 3 heterocycles. The monoisotopic (exact) mass is 658 g/mol. The lowest BCUT2D eigenvalue weighted by Gasteiger charge is -2.48. The van der Waals surface area contributed by atoms with E-state index in [1.807, 2.05) is 0 Å². The summed E-state index contributed by atoms with van der Waals surface area (Å²) in [6.45, 7) is -3.32. The minimum Gasteiger partial charge on any atom is -0.481 e. The second-order valence-electron chi connectivity index (χ2n) is 10.3. The van der Waals surface area contributed by atoms with Gasteiger partial charge in [-0.3, -0.25) is 13.9 Å². The zero-order valence-electron chi connectivity index (χ0n) is 23.0. The Balaban J connectivity index is 1.59. The average Bonchev–Trinajstić information content (AvgIpc) is 2.97. The fourth-order valence-corrected chi connectivity index (χ4v) is 6.82. The van der Waals surface area contributed by atoms with Crippen molar-refractivity contribution in [2.24, 2.45) is 0 Å². The molecule has 2 aromatic carbocycles. The normalized spacial score (nSPS) is 16.8. The van der Waals surface area contributed by atoms with Crippen LogP contribution in [0.3, 0.4) is 0 Å². The van der Waals surface area contributed by atoms with Crippen LogP contribution in [-0.4, -0.2) is 74.1 Å². The third kappa shape index (κ3) is 6.77. The Morgan fingerprint density at radius 1 is 1.02 bits per heavy atom. The van der Waals surface area contributed by atoms with Crippen molar-refractivity contribution in [2.45, 2.75) is 36.6 Å². The van der Waals surface area contributed by atoms with Gasteiger partial charge in [-0.2, -0.15) is 22.0 Å². The van der Waals surface area contributed by atoms with Gasteiger partial charge in [0.15, 0.2) is 5.82 Å². The van der Waals surface area contributed by atoms with Gasteiger partial charge in [0, 0.05) is 43.9 Å². The number of hydrogen-bond donors (Lipinski definition) is 1. The number of ether oxygens (including phenoxy) is 1. The Bertz CT molecular complexity index is 1740. The number of rotatable bonds is 8. The summed E-state index contributed by atoms with van der Waals surface area (Å²) in [5, 5.41) is 8.94. The van der Waals surface area contributed by atoms with E-state index in [4.69, 9.17) is 5.11 Å². The van der Waals surface area contributed by atoms with Gasteiger partial charge in [-0.1, -0.05) is 6.07 Å². The number of carbonyl (C=O) groups is 2. The molecule has 17 heteroatoms. The first-order valence-corrected chi connectivity index (χ1v) is 14.8. The smallest absolute Gasteiger partial charge is 0.416 e. The number of carbonyl (C=O) groups excluding carboxylic acids is 1. The number of piperazine rings is 1. The number of carboxylic acids is 1. The van der Waals surface area contributed by atoms with Crippen molar-refractivity contribution in [3.63, 3.8) is 0 Å². The molecular formula is C28H24F6N4O6S. The molecule has 0 spiro atoms. The molecule has 1 N–H and O–H groups in total. The number of nitrogens with zero attached hydrogens (tertiary/aromatic N) is 4. The Hall–Kier alpha value is -4.54. The van der Waals surface area contributed by atoms with Crippen LogP contribution in [0.15, 0.2) is 59.6 Å². The summed E-state index contributed by atoms with van der Waals surface area (Å²) in [7, 11) is -4.71. The van der Waals surface area contributed by atoms with Crippen molar-refractivity contribution in [3.8, 4) is 16.9 Å². The van der Waals surface area contributed by atoms with E-state index in [0.717, 1.165) is 40.7 Å². The number of amides is 1. The third-order valence-electron chi connectivity index (χ3n) is 7.33. The van der Waals surface area contributed by atoms with Gasteiger partial charge in [-0.25, -0.2) is 17.8 Å². The summed E-state index contributed by atoms with van der Waals surface area (Å²) < 4.78 is 114. The number of sulfonamides is 1. The molecule has 1 aromatic heterocycles. The minimum atomic E-state index is -4.84. The number of carboxylic acid groups (broad SMARTS) is 1. The number of aromatic nitrogens is 1. The van der Waals surface area contributed by atoms with E-state index in [2.05, 4.69) is 9.72 Å². The highest BCUT2D eigenvalue weighted by molar-refractivity contribution is 7.92. The van der Waals surface area contributed by atoms with Crippen LogP contribution in [0.4, 0.5) is 37.8 Å². The van der Waals surface area contributed by atoms with Crippen molar-refractivity contribution in [2.75, 3.05) is 35.4 Å². The SMILES string of the molecule is O=C(O)CCC(=O)N1CCN2c3ncc(-c4cc(F)cc(OC(F)F)c4)cc3N(S(=O)(=O)c3cccc(C(F)(F)F)c3)C[C@@H]2C1. The molecule has 10 nitrogen and oxygen atoms in total. The molecule has 1 fully saturated rings. The molecule has 0 saturated carbocycles. The Morgan fingerprint density at radius 3 is 2.47 bits per heavy atom. The lowest BCUT2D eigenvalue weighted by Crippen LogP contribution is -2.61. The minimum absolute atomic E-state index is 0.00772. The summed E-state index contributed by atoms with van der Waals surface area (Å²) in [6.07, 6.45) is -4.28. The number of fused-ring (bicyclic) bond motifs is 3. The van der Waals surface area contributed by atoms with Crippen LogP contribution in [0, 0.1) is 5.82 Å². The lowest BCUT2D eigenvalue weighted by atomic mass is 10.0. The number of alkyl halides is 5.